The summed E-state index contributed by atoms with van der Waals surface area (Å²) in [6.45, 7) is -0.0280. The number of carbonyl (C=O) groups excluding carboxylic acids is 3. The van der Waals surface area contributed by atoms with Crippen molar-refractivity contribution in [1.29, 1.82) is 5.26 Å². The number of nitriles is 1. The summed E-state index contributed by atoms with van der Waals surface area (Å²) in [5.74, 6) is -4.65. The van der Waals surface area contributed by atoms with Crippen molar-refractivity contribution < 1.29 is 27.6 Å². The number of halogens is 3. The molecule has 1 saturated heterocycles. The molecule has 4 N–H and O–H groups in total. The number of benzene rings is 2. The molecule has 1 aliphatic carbocycles. The molecule has 2 aromatic rings. The highest BCUT2D eigenvalue weighted by Crippen LogP contribution is 2.47. The standard InChI is InChI=1S/C28H30F3N5O3/c29-21-14-23(31)22(30)11-17(21)9-19(13-27(38)36-20(15-32)10-18-12-25(18)36)35-26(37)6-7-34-28(39)24(33)8-16-4-2-1-3-5-16/h1-5,11,14,18-20,24-25H,6-10,12-13,33H2,(H,34,39)(H,35,37). The van der Waals surface area contributed by atoms with Gasteiger partial charge in [-0.1, -0.05) is 30.3 Å². The van der Waals surface area contributed by atoms with Crippen LogP contribution in [0.25, 0.3) is 0 Å². The van der Waals surface area contributed by atoms with E-state index < -0.39 is 47.4 Å². The lowest BCUT2D eigenvalue weighted by Crippen LogP contribution is -2.46. The molecule has 0 spiro atoms. The molecular formula is C28H30F3N5O3. The maximum Gasteiger partial charge on any atom is 0.237 e. The van der Waals surface area contributed by atoms with E-state index in [1.54, 1.807) is 0 Å². The minimum absolute atomic E-state index is 0.0196. The molecule has 2 aromatic carbocycles. The van der Waals surface area contributed by atoms with Crippen molar-refractivity contribution >= 4 is 17.7 Å². The van der Waals surface area contributed by atoms with Crippen LogP contribution in [0.15, 0.2) is 42.5 Å². The fourth-order valence-electron chi connectivity index (χ4n) is 5.10. The van der Waals surface area contributed by atoms with Gasteiger partial charge >= 0.3 is 0 Å². The van der Waals surface area contributed by atoms with Crippen LogP contribution in [0.1, 0.15) is 36.8 Å². The van der Waals surface area contributed by atoms with Crippen LogP contribution < -0.4 is 16.4 Å². The smallest absolute Gasteiger partial charge is 0.237 e. The first kappa shape index (κ1) is 28.1. The summed E-state index contributed by atoms with van der Waals surface area (Å²) in [7, 11) is 0. The number of piperidine rings is 1. The van der Waals surface area contributed by atoms with Crippen molar-refractivity contribution in [3.05, 3.63) is 71.0 Å². The Morgan fingerprint density at radius 3 is 2.49 bits per heavy atom. The number of amides is 3. The third-order valence-electron chi connectivity index (χ3n) is 7.17. The Labute approximate surface area is 224 Å². The van der Waals surface area contributed by atoms with Gasteiger partial charge in [-0.3, -0.25) is 14.4 Å². The molecule has 39 heavy (non-hydrogen) atoms. The van der Waals surface area contributed by atoms with Crippen LogP contribution in [-0.4, -0.2) is 53.3 Å². The topological polar surface area (TPSA) is 128 Å². The zero-order valence-electron chi connectivity index (χ0n) is 21.2. The lowest BCUT2D eigenvalue weighted by atomic mass is 10.0. The average Bonchev–Trinajstić information content (AvgIpc) is 3.56. The molecule has 1 saturated carbocycles. The van der Waals surface area contributed by atoms with E-state index in [1.165, 1.54) is 4.90 Å². The number of rotatable bonds is 11. The Hall–Kier alpha value is -3.91. The zero-order valence-corrected chi connectivity index (χ0v) is 21.2. The average molecular weight is 542 g/mol. The van der Waals surface area contributed by atoms with Crippen molar-refractivity contribution in [1.82, 2.24) is 15.5 Å². The third kappa shape index (κ3) is 7.15. The van der Waals surface area contributed by atoms with Crippen molar-refractivity contribution in [2.24, 2.45) is 11.7 Å². The van der Waals surface area contributed by atoms with Gasteiger partial charge in [-0.05, 0) is 48.8 Å². The predicted octanol–water partition coefficient (Wildman–Crippen LogP) is 2.11. The van der Waals surface area contributed by atoms with E-state index in [2.05, 4.69) is 16.7 Å². The highest BCUT2D eigenvalue weighted by Gasteiger charge is 2.54. The Balaban J connectivity index is 1.35. The highest BCUT2D eigenvalue weighted by molar-refractivity contribution is 5.83. The summed E-state index contributed by atoms with van der Waals surface area (Å²) < 4.78 is 41.6. The van der Waals surface area contributed by atoms with Gasteiger partial charge in [-0.15, -0.1) is 0 Å². The maximum atomic E-state index is 14.4. The number of nitrogens with one attached hydrogen (secondary N) is 2. The van der Waals surface area contributed by atoms with Crippen molar-refractivity contribution in [2.45, 2.75) is 62.7 Å². The van der Waals surface area contributed by atoms with Crippen molar-refractivity contribution in [3.8, 4) is 6.07 Å². The molecule has 206 valence electrons. The van der Waals surface area contributed by atoms with E-state index in [1.807, 2.05) is 30.3 Å². The summed E-state index contributed by atoms with van der Waals surface area (Å²) >= 11 is 0. The molecule has 2 aliphatic rings. The van der Waals surface area contributed by atoms with E-state index >= 15 is 0 Å². The van der Waals surface area contributed by atoms with Gasteiger partial charge in [-0.25, -0.2) is 13.2 Å². The van der Waals surface area contributed by atoms with Gasteiger partial charge in [0.1, 0.15) is 11.9 Å². The summed E-state index contributed by atoms with van der Waals surface area (Å²) in [6, 6.07) is 10.1. The molecule has 2 fully saturated rings. The Kier molecular flexibility index (Phi) is 8.86. The summed E-state index contributed by atoms with van der Waals surface area (Å²) in [5.41, 5.74) is 6.64. The first-order valence-electron chi connectivity index (χ1n) is 12.9. The third-order valence-corrected chi connectivity index (χ3v) is 7.17. The van der Waals surface area contributed by atoms with Gasteiger partial charge in [0.25, 0.3) is 0 Å². The lowest BCUT2D eigenvalue weighted by Gasteiger charge is -2.26. The van der Waals surface area contributed by atoms with E-state index in [0.717, 1.165) is 12.0 Å². The number of carbonyl (C=O) groups is 3. The Morgan fingerprint density at radius 1 is 1.05 bits per heavy atom. The normalized spacial score (nSPS) is 20.9. The zero-order chi connectivity index (χ0) is 28.1. The highest BCUT2D eigenvalue weighted by atomic mass is 19.2. The van der Waals surface area contributed by atoms with Crippen molar-refractivity contribution in [2.75, 3.05) is 6.54 Å². The van der Waals surface area contributed by atoms with Gasteiger partial charge in [0.05, 0.1) is 12.1 Å². The molecule has 0 radical (unpaired) electrons. The number of hydrogen-bond acceptors (Lipinski definition) is 5. The molecule has 8 nitrogen and oxygen atoms in total. The molecule has 0 aromatic heterocycles. The predicted molar refractivity (Wildman–Crippen MR) is 135 cm³/mol. The molecule has 1 heterocycles. The first-order chi connectivity index (χ1) is 18.7. The molecule has 3 amide bonds. The van der Waals surface area contributed by atoms with E-state index in [0.29, 0.717) is 25.0 Å². The maximum absolute atomic E-state index is 14.4. The molecule has 4 rings (SSSR count). The molecular weight excluding hydrogens is 511 g/mol. The quantitative estimate of drug-likeness (QED) is 0.376. The summed E-state index contributed by atoms with van der Waals surface area (Å²) in [5, 5.41) is 14.7. The van der Waals surface area contributed by atoms with Crippen LogP contribution in [0, 0.1) is 34.7 Å². The molecule has 1 aliphatic heterocycles. The SMILES string of the molecule is N#CC1CC2CC2N1C(=O)CC(Cc1cc(F)c(F)cc1F)NC(=O)CCNC(=O)C(N)Cc1ccccc1. The van der Waals surface area contributed by atoms with Crippen LogP contribution in [-0.2, 0) is 27.2 Å². The fraction of sp³-hybridized carbons (Fsp3) is 0.429. The summed E-state index contributed by atoms with van der Waals surface area (Å²) in [6.07, 6.45) is 1.06. The van der Waals surface area contributed by atoms with Crippen LogP contribution in [0.2, 0.25) is 0 Å². The second-order valence-electron chi connectivity index (χ2n) is 10.1. The number of nitrogens with zero attached hydrogens (tertiary/aromatic N) is 2. The first-order valence-corrected chi connectivity index (χ1v) is 12.9. The Morgan fingerprint density at radius 2 is 1.77 bits per heavy atom. The van der Waals surface area contributed by atoms with E-state index in [9.17, 15) is 32.8 Å². The van der Waals surface area contributed by atoms with Crippen LogP contribution >= 0.6 is 0 Å². The number of nitrogens with two attached hydrogens (primary N) is 1. The second-order valence-corrected chi connectivity index (χ2v) is 10.1. The van der Waals surface area contributed by atoms with Gasteiger partial charge in [0.15, 0.2) is 11.6 Å². The molecule has 5 atom stereocenters. The summed E-state index contributed by atoms with van der Waals surface area (Å²) in [4.78, 5) is 39.6. The number of hydrogen-bond donors (Lipinski definition) is 3. The minimum Gasteiger partial charge on any atom is -0.354 e. The lowest BCUT2D eigenvalue weighted by molar-refractivity contribution is -0.133. The minimum atomic E-state index is -1.34. The Bertz CT molecular complexity index is 1270. The number of likely N-dealkylation sites (tertiary alicyclic amines) is 1. The van der Waals surface area contributed by atoms with Gasteiger partial charge < -0.3 is 21.3 Å². The largest absolute Gasteiger partial charge is 0.354 e. The van der Waals surface area contributed by atoms with E-state index in [4.69, 9.17) is 5.73 Å². The fourth-order valence-corrected chi connectivity index (χ4v) is 5.10. The van der Waals surface area contributed by atoms with Crippen LogP contribution in [0.3, 0.4) is 0 Å². The molecule has 0 bridgehead atoms. The van der Waals surface area contributed by atoms with Gasteiger partial charge in [-0.2, -0.15) is 5.26 Å². The molecule has 11 heteroatoms. The number of fused-ring (bicyclic) bond motifs is 1. The van der Waals surface area contributed by atoms with Crippen molar-refractivity contribution in [3.63, 3.8) is 0 Å². The van der Waals surface area contributed by atoms with Crippen LogP contribution in [0.5, 0.6) is 0 Å². The monoisotopic (exact) mass is 541 g/mol. The molecule has 5 unspecified atom stereocenters. The second kappa shape index (κ2) is 12.3. The van der Waals surface area contributed by atoms with E-state index in [-0.39, 0.29) is 49.2 Å². The van der Waals surface area contributed by atoms with Gasteiger partial charge in [0.2, 0.25) is 17.7 Å². The van der Waals surface area contributed by atoms with Crippen LogP contribution in [0.4, 0.5) is 13.2 Å². The van der Waals surface area contributed by atoms with Gasteiger partial charge in [0, 0.05) is 37.5 Å².